The molecule has 5 rings (SSSR count). The van der Waals surface area contributed by atoms with Crippen LogP contribution in [0.3, 0.4) is 0 Å². The summed E-state index contributed by atoms with van der Waals surface area (Å²) < 4.78 is 65.7. The molecular weight excluding hydrogens is 500 g/mol. The van der Waals surface area contributed by atoms with Crippen LogP contribution in [0.1, 0.15) is 23.2 Å². The number of fused-ring (bicyclic) bond motifs is 1. The van der Waals surface area contributed by atoms with Gasteiger partial charge in [-0.2, -0.15) is 9.29 Å². The molecule has 2 fully saturated rings. The third kappa shape index (κ3) is 5.01. The third-order valence-corrected chi connectivity index (χ3v) is 8.91. The first-order valence-corrected chi connectivity index (χ1v) is 13.5. The fourth-order valence-corrected chi connectivity index (χ4v) is 6.52. The summed E-state index contributed by atoms with van der Waals surface area (Å²) in [5.74, 6) is -1.57. The molecule has 0 radical (unpaired) electrons. The van der Waals surface area contributed by atoms with Crippen molar-refractivity contribution in [3.05, 3.63) is 53.6 Å². The number of sulfonamides is 1. The maximum Gasteiger partial charge on any atom is 0.274 e. The summed E-state index contributed by atoms with van der Waals surface area (Å²) in [6.45, 7) is 2.25. The predicted molar refractivity (Wildman–Crippen MR) is 125 cm³/mol. The lowest BCUT2D eigenvalue weighted by molar-refractivity contribution is 0.0595. The largest absolute Gasteiger partial charge is 0.467 e. The first-order chi connectivity index (χ1) is 16.8. The Hall–Kier alpha value is -2.67. The van der Waals surface area contributed by atoms with Crippen molar-refractivity contribution in [2.45, 2.75) is 23.8 Å². The minimum atomic E-state index is -3.62. The molecule has 0 spiro atoms. The molecular formula is C23H23F2N3O5S2. The summed E-state index contributed by atoms with van der Waals surface area (Å²) in [6.07, 6.45) is 0.915. The van der Waals surface area contributed by atoms with Crippen LogP contribution in [-0.2, 0) is 14.8 Å². The number of hydrogen-bond donors (Lipinski definition) is 0. The topological polar surface area (TPSA) is 89.0 Å². The zero-order valence-electron chi connectivity index (χ0n) is 18.7. The quantitative estimate of drug-likeness (QED) is 0.510. The molecule has 12 heteroatoms. The number of carbonyl (C=O) groups is 1. The molecule has 1 aromatic heterocycles. The minimum absolute atomic E-state index is 0.0816. The average molecular weight is 524 g/mol. The zero-order chi connectivity index (χ0) is 24.6. The van der Waals surface area contributed by atoms with E-state index < -0.39 is 21.7 Å². The van der Waals surface area contributed by atoms with Crippen LogP contribution >= 0.6 is 11.3 Å². The number of aromatic nitrogens is 1. The van der Waals surface area contributed by atoms with E-state index in [9.17, 15) is 22.0 Å². The number of hydrogen-bond acceptors (Lipinski definition) is 7. The molecule has 2 aliphatic rings. The Balaban J connectivity index is 1.19. The summed E-state index contributed by atoms with van der Waals surface area (Å²) in [5, 5.41) is 0.270. The fraction of sp³-hybridized carbons (Fsp3) is 0.391. The molecule has 2 aromatic carbocycles. The van der Waals surface area contributed by atoms with Gasteiger partial charge in [0.1, 0.15) is 17.4 Å². The van der Waals surface area contributed by atoms with E-state index in [1.54, 1.807) is 4.90 Å². The van der Waals surface area contributed by atoms with Crippen molar-refractivity contribution in [3.63, 3.8) is 0 Å². The monoisotopic (exact) mass is 523 g/mol. The van der Waals surface area contributed by atoms with Gasteiger partial charge in [0.25, 0.3) is 11.1 Å². The molecule has 0 atom stereocenters. The van der Waals surface area contributed by atoms with E-state index in [-0.39, 0.29) is 27.6 Å². The normalized spacial score (nSPS) is 18.2. The van der Waals surface area contributed by atoms with E-state index in [1.807, 2.05) is 0 Å². The van der Waals surface area contributed by atoms with E-state index in [0.29, 0.717) is 62.5 Å². The molecule has 3 aromatic rings. The predicted octanol–water partition coefficient (Wildman–Crippen LogP) is 3.28. The molecule has 1 amide bonds. The number of piperidine rings is 1. The molecule has 2 aliphatic heterocycles. The minimum Gasteiger partial charge on any atom is -0.467 e. The number of nitrogens with zero attached hydrogens (tertiary/aromatic N) is 3. The highest BCUT2D eigenvalue weighted by Gasteiger charge is 2.28. The second-order valence-corrected chi connectivity index (χ2v) is 11.3. The van der Waals surface area contributed by atoms with Gasteiger partial charge in [-0.05, 0) is 30.3 Å². The van der Waals surface area contributed by atoms with Crippen molar-refractivity contribution >= 4 is 37.5 Å². The number of carbonyl (C=O) groups excluding carboxylic acids is 1. The van der Waals surface area contributed by atoms with Crippen molar-refractivity contribution in [2.24, 2.45) is 0 Å². The highest BCUT2D eigenvalue weighted by molar-refractivity contribution is 7.89. The Kier molecular flexibility index (Phi) is 6.71. The number of rotatable bonds is 5. The number of amides is 1. The van der Waals surface area contributed by atoms with Crippen molar-refractivity contribution in [2.75, 3.05) is 39.4 Å². The number of likely N-dealkylation sites (tertiary alicyclic amines) is 1. The Labute approximate surface area is 205 Å². The molecule has 0 N–H and O–H groups in total. The third-order valence-electron chi connectivity index (χ3n) is 6.10. The van der Waals surface area contributed by atoms with E-state index in [1.165, 1.54) is 34.6 Å². The van der Waals surface area contributed by atoms with Gasteiger partial charge in [0, 0.05) is 50.7 Å². The lowest BCUT2D eigenvalue weighted by Gasteiger charge is -2.31. The first kappa shape index (κ1) is 24.0. The van der Waals surface area contributed by atoms with Crippen LogP contribution in [0.4, 0.5) is 8.78 Å². The molecule has 8 nitrogen and oxygen atoms in total. The number of ether oxygens (including phenoxy) is 2. The van der Waals surface area contributed by atoms with Gasteiger partial charge in [0.05, 0.1) is 22.8 Å². The molecule has 2 saturated heterocycles. The van der Waals surface area contributed by atoms with E-state index in [2.05, 4.69) is 4.98 Å². The van der Waals surface area contributed by atoms with E-state index >= 15 is 0 Å². The van der Waals surface area contributed by atoms with Crippen molar-refractivity contribution in [1.82, 2.24) is 14.2 Å². The van der Waals surface area contributed by atoms with E-state index in [0.717, 1.165) is 17.4 Å². The van der Waals surface area contributed by atoms with Crippen LogP contribution in [-0.4, -0.2) is 74.0 Å². The van der Waals surface area contributed by atoms with Gasteiger partial charge in [-0.3, -0.25) is 4.79 Å². The van der Waals surface area contributed by atoms with Crippen LogP contribution in [0.2, 0.25) is 0 Å². The van der Waals surface area contributed by atoms with Gasteiger partial charge in [0.2, 0.25) is 10.0 Å². The number of benzene rings is 2. The zero-order valence-corrected chi connectivity index (χ0v) is 20.3. The van der Waals surface area contributed by atoms with Gasteiger partial charge >= 0.3 is 0 Å². The fourth-order valence-electron chi connectivity index (χ4n) is 4.19. The highest BCUT2D eigenvalue weighted by Crippen LogP contribution is 2.32. The Morgan fingerprint density at radius 1 is 1.06 bits per heavy atom. The van der Waals surface area contributed by atoms with Crippen molar-refractivity contribution < 1.29 is 31.5 Å². The van der Waals surface area contributed by atoms with Gasteiger partial charge in [-0.25, -0.2) is 17.2 Å². The molecule has 0 aliphatic carbocycles. The van der Waals surface area contributed by atoms with Gasteiger partial charge in [-0.1, -0.05) is 11.3 Å². The second kappa shape index (κ2) is 9.76. The molecule has 0 saturated carbocycles. The van der Waals surface area contributed by atoms with Crippen molar-refractivity contribution in [1.29, 1.82) is 0 Å². The Bertz CT molecular complexity index is 1330. The van der Waals surface area contributed by atoms with Gasteiger partial charge < -0.3 is 14.4 Å². The SMILES string of the molecule is O=C(c1ccc(S(=O)(=O)N2CCOCC2)cc1)N1CCC(Oc2nc3c(F)cc(F)cc3s2)CC1. The van der Waals surface area contributed by atoms with Crippen molar-refractivity contribution in [3.8, 4) is 5.19 Å². The smallest absolute Gasteiger partial charge is 0.274 e. The summed E-state index contributed by atoms with van der Waals surface area (Å²) in [6, 6.07) is 8.01. The number of morpholine rings is 1. The highest BCUT2D eigenvalue weighted by atomic mass is 32.2. The lowest BCUT2D eigenvalue weighted by atomic mass is 10.1. The standard InChI is InChI=1S/C23H23F2N3O5S2/c24-16-13-19(25)21-20(14-16)34-23(26-21)33-17-5-7-27(8-6-17)22(29)15-1-3-18(4-2-15)35(30,31)28-9-11-32-12-10-28/h1-4,13-14,17H,5-12H2. The van der Waals surface area contributed by atoms with Crippen LogP contribution in [0.15, 0.2) is 41.3 Å². The van der Waals surface area contributed by atoms with Crippen LogP contribution < -0.4 is 4.74 Å². The molecule has 35 heavy (non-hydrogen) atoms. The van der Waals surface area contributed by atoms with Gasteiger partial charge in [-0.15, -0.1) is 0 Å². The summed E-state index contributed by atoms with van der Waals surface area (Å²) in [4.78, 5) is 18.9. The Morgan fingerprint density at radius 2 is 1.74 bits per heavy atom. The summed E-state index contributed by atoms with van der Waals surface area (Å²) >= 11 is 1.08. The molecule has 3 heterocycles. The van der Waals surface area contributed by atoms with Crippen LogP contribution in [0.25, 0.3) is 10.2 Å². The average Bonchev–Trinajstić information content (AvgIpc) is 3.27. The van der Waals surface area contributed by atoms with Crippen LogP contribution in [0.5, 0.6) is 5.19 Å². The Morgan fingerprint density at radius 3 is 2.43 bits per heavy atom. The molecule has 186 valence electrons. The van der Waals surface area contributed by atoms with Crippen LogP contribution in [0, 0.1) is 11.6 Å². The number of halogens is 2. The maximum atomic E-state index is 13.9. The summed E-state index contributed by atoms with van der Waals surface area (Å²) in [7, 11) is -3.62. The second-order valence-electron chi connectivity index (χ2n) is 8.36. The number of thiazole rings is 1. The molecule has 0 unspecified atom stereocenters. The van der Waals surface area contributed by atoms with E-state index in [4.69, 9.17) is 9.47 Å². The summed E-state index contributed by atoms with van der Waals surface area (Å²) in [5.41, 5.74) is 0.493. The molecule has 0 bridgehead atoms. The van der Waals surface area contributed by atoms with Gasteiger partial charge in [0.15, 0.2) is 5.82 Å². The maximum absolute atomic E-state index is 13.9. The first-order valence-electron chi connectivity index (χ1n) is 11.2. The lowest BCUT2D eigenvalue weighted by Crippen LogP contribution is -2.42.